The Kier molecular flexibility index (Phi) is 5.57. The SMILES string of the molecule is CCC(CO)NS(=O)(=O)c1cn(C(C)C)nc1C(C)(C)C. The summed E-state index contributed by atoms with van der Waals surface area (Å²) in [5.41, 5.74) is 0.155. The number of nitrogens with zero attached hydrogens (tertiary/aromatic N) is 2. The van der Waals surface area contributed by atoms with Crippen molar-refractivity contribution in [2.75, 3.05) is 6.61 Å². The Bertz CT molecular complexity index is 567. The van der Waals surface area contributed by atoms with Gasteiger partial charge in [0.05, 0.1) is 12.3 Å². The van der Waals surface area contributed by atoms with Gasteiger partial charge in [0, 0.05) is 23.7 Å². The van der Waals surface area contributed by atoms with Crippen LogP contribution in [0.1, 0.15) is 59.7 Å². The van der Waals surface area contributed by atoms with Crippen LogP contribution in [0.5, 0.6) is 0 Å². The largest absolute Gasteiger partial charge is 0.395 e. The standard InChI is InChI=1S/C14H27N3O3S/c1-7-11(9-18)16-21(19,20)12-8-17(10(2)3)15-13(12)14(4,5)6/h8,10-11,16,18H,7,9H2,1-6H3. The Labute approximate surface area is 127 Å². The molecule has 1 unspecified atom stereocenters. The summed E-state index contributed by atoms with van der Waals surface area (Å²) in [6.45, 7) is 11.3. The first kappa shape index (κ1) is 18.1. The number of aromatic nitrogens is 2. The highest BCUT2D eigenvalue weighted by molar-refractivity contribution is 7.89. The molecular weight excluding hydrogens is 290 g/mol. The Balaban J connectivity index is 3.33. The highest BCUT2D eigenvalue weighted by Crippen LogP contribution is 2.28. The van der Waals surface area contributed by atoms with E-state index in [0.29, 0.717) is 12.1 Å². The molecule has 6 nitrogen and oxygen atoms in total. The Morgan fingerprint density at radius 1 is 1.38 bits per heavy atom. The number of aliphatic hydroxyl groups is 1. The minimum absolute atomic E-state index is 0.0786. The number of hydrogen-bond acceptors (Lipinski definition) is 4. The van der Waals surface area contributed by atoms with Gasteiger partial charge in [-0.15, -0.1) is 0 Å². The highest BCUT2D eigenvalue weighted by atomic mass is 32.2. The molecule has 1 heterocycles. The van der Waals surface area contributed by atoms with Crippen molar-refractivity contribution in [3.05, 3.63) is 11.9 Å². The summed E-state index contributed by atoms with van der Waals surface area (Å²) in [4.78, 5) is 0.190. The van der Waals surface area contributed by atoms with E-state index in [9.17, 15) is 13.5 Å². The van der Waals surface area contributed by atoms with Crippen LogP contribution in [0.15, 0.2) is 11.1 Å². The van der Waals surface area contributed by atoms with Crippen LogP contribution < -0.4 is 4.72 Å². The molecule has 0 bridgehead atoms. The molecule has 2 N–H and O–H groups in total. The Hall–Kier alpha value is -0.920. The highest BCUT2D eigenvalue weighted by Gasteiger charge is 2.31. The molecule has 0 fully saturated rings. The molecule has 0 aromatic carbocycles. The summed E-state index contributed by atoms with van der Waals surface area (Å²) in [5.74, 6) is 0. The maximum Gasteiger partial charge on any atom is 0.244 e. The molecule has 0 aliphatic rings. The lowest BCUT2D eigenvalue weighted by atomic mass is 9.92. The first-order valence-electron chi connectivity index (χ1n) is 7.25. The van der Waals surface area contributed by atoms with Crippen molar-refractivity contribution < 1.29 is 13.5 Å². The van der Waals surface area contributed by atoms with Gasteiger partial charge in [0.2, 0.25) is 10.0 Å². The molecule has 21 heavy (non-hydrogen) atoms. The number of aliphatic hydroxyl groups excluding tert-OH is 1. The second-order valence-corrected chi connectivity index (χ2v) is 8.26. The minimum atomic E-state index is -3.70. The van der Waals surface area contributed by atoms with Gasteiger partial charge >= 0.3 is 0 Å². The molecule has 0 spiro atoms. The van der Waals surface area contributed by atoms with Crippen molar-refractivity contribution in [2.45, 2.75) is 70.4 Å². The van der Waals surface area contributed by atoms with E-state index in [0.717, 1.165) is 0 Å². The van der Waals surface area contributed by atoms with Gasteiger partial charge in [-0.05, 0) is 20.3 Å². The fourth-order valence-electron chi connectivity index (χ4n) is 1.89. The zero-order valence-corrected chi connectivity index (χ0v) is 14.5. The molecule has 0 saturated heterocycles. The lowest BCUT2D eigenvalue weighted by Crippen LogP contribution is -2.37. The summed E-state index contributed by atoms with van der Waals surface area (Å²) in [6.07, 6.45) is 2.09. The van der Waals surface area contributed by atoms with Crippen molar-refractivity contribution >= 4 is 10.0 Å². The summed E-state index contributed by atoms with van der Waals surface area (Å²) in [5, 5.41) is 13.7. The number of sulfonamides is 1. The summed E-state index contributed by atoms with van der Waals surface area (Å²) < 4.78 is 29.4. The lowest BCUT2D eigenvalue weighted by molar-refractivity contribution is 0.253. The number of rotatable bonds is 6. The van der Waals surface area contributed by atoms with Gasteiger partial charge in [0.1, 0.15) is 4.90 Å². The van der Waals surface area contributed by atoms with E-state index in [4.69, 9.17) is 0 Å². The van der Waals surface area contributed by atoms with E-state index in [-0.39, 0.29) is 23.0 Å². The summed E-state index contributed by atoms with van der Waals surface area (Å²) >= 11 is 0. The van der Waals surface area contributed by atoms with Crippen molar-refractivity contribution in [2.24, 2.45) is 0 Å². The van der Waals surface area contributed by atoms with Crippen LogP contribution >= 0.6 is 0 Å². The van der Waals surface area contributed by atoms with Crippen molar-refractivity contribution in [1.82, 2.24) is 14.5 Å². The molecule has 0 amide bonds. The maximum absolute atomic E-state index is 12.6. The van der Waals surface area contributed by atoms with Crippen LogP contribution in [-0.4, -0.2) is 36.0 Å². The quantitative estimate of drug-likeness (QED) is 0.838. The van der Waals surface area contributed by atoms with Gasteiger partial charge in [-0.1, -0.05) is 27.7 Å². The molecule has 1 rings (SSSR count). The van der Waals surface area contributed by atoms with Gasteiger partial charge < -0.3 is 5.11 Å². The van der Waals surface area contributed by atoms with E-state index in [1.165, 1.54) is 0 Å². The summed E-state index contributed by atoms with van der Waals surface area (Å²) in [7, 11) is -3.70. The molecule has 1 atom stereocenters. The van der Waals surface area contributed by atoms with Gasteiger partial charge in [-0.25, -0.2) is 13.1 Å². The molecule has 1 aromatic rings. The predicted molar refractivity (Wildman–Crippen MR) is 82.8 cm³/mol. The zero-order valence-electron chi connectivity index (χ0n) is 13.7. The molecule has 0 aliphatic heterocycles. The van der Waals surface area contributed by atoms with Gasteiger partial charge in [0.15, 0.2) is 0 Å². The third-order valence-electron chi connectivity index (χ3n) is 3.26. The molecule has 0 radical (unpaired) electrons. The first-order valence-corrected chi connectivity index (χ1v) is 8.74. The molecular formula is C14H27N3O3S. The maximum atomic E-state index is 12.6. The van der Waals surface area contributed by atoms with Crippen LogP contribution in [0.4, 0.5) is 0 Å². The predicted octanol–water partition coefficient (Wildman–Crippen LogP) is 1.81. The van der Waals surface area contributed by atoms with E-state index >= 15 is 0 Å². The summed E-state index contributed by atoms with van der Waals surface area (Å²) in [6, 6.07) is -0.403. The van der Waals surface area contributed by atoms with Gasteiger partial charge in [-0.2, -0.15) is 5.10 Å². The second kappa shape index (κ2) is 6.46. The van der Waals surface area contributed by atoms with E-state index in [1.54, 1.807) is 10.9 Å². The normalized spacial score (nSPS) is 14.7. The minimum Gasteiger partial charge on any atom is -0.395 e. The van der Waals surface area contributed by atoms with Crippen molar-refractivity contribution in [3.8, 4) is 0 Å². The third kappa shape index (κ3) is 4.28. The molecule has 0 saturated carbocycles. The van der Waals surface area contributed by atoms with E-state index in [2.05, 4.69) is 9.82 Å². The third-order valence-corrected chi connectivity index (χ3v) is 4.78. The van der Waals surface area contributed by atoms with Gasteiger partial charge in [-0.3, -0.25) is 4.68 Å². The van der Waals surface area contributed by atoms with Crippen LogP contribution in [0.25, 0.3) is 0 Å². The average molecular weight is 317 g/mol. The fraction of sp³-hybridized carbons (Fsp3) is 0.786. The fourth-order valence-corrected chi connectivity index (χ4v) is 3.54. The lowest BCUT2D eigenvalue weighted by Gasteiger charge is -2.19. The Morgan fingerprint density at radius 2 is 1.95 bits per heavy atom. The van der Waals surface area contributed by atoms with Crippen LogP contribution in [0.3, 0.4) is 0 Å². The zero-order chi connectivity index (χ0) is 16.4. The monoisotopic (exact) mass is 317 g/mol. The molecule has 7 heteroatoms. The van der Waals surface area contributed by atoms with Gasteiger partial charge in [0.25, 0.3) is 0 Å². The van der Waals surface area contributed by atoms with Crippen molar-refractivity contribution in [1.29, 1.82) is 0 Å². The van der Waals surface area contributed by atoms with E-state index in [1.807, 2.05) is 41.5 Å². The molecule has 1 aromatic heterocycles. The first-order chi connectivity index (χ1) is 9.52. The van der Waals surface area contributed by atoms with E-state index < -0.39 is 16.1 Å². The smallest absolute Gasteiger partial charge is 0.244 e. The van der Waals surface area contributed by atoms with Crippen LogP contribution in [0, 0.1) is 0 Å². The topological polar surface area (TPSA) is 84.2 Å². The second-order valence-electron chi connectivity index (χ2n) is 6.57. The van der Waals surface area contributed by atoms with Crippen LogP contribution in [0.2, 0.25) is 0 Å². The van der Waals surface area contributed by atoms with Crippen LogP contribution in [-0.2, 0) is 15.4 Å². The number of nitrogens with one attached hydrogen (secondary N) is 1. The Morgan fingerprint density at radius 3 is 2.33 bits per heavy atom. The average Bonchev–Trinajstić information content (AvgIpc) is 2.81. The van der Waals surface area contributed by atoms with Crippen molar-refractivity contribution in [3.63, 3.8) is 0 Å². The molecule has 0 aliphatic carbocycles. The molecule has 122 valence electrons. The number of hydrogen-bond donors (Lipinski definition) is 2.